The maximum atomic E-state index is 12.7. The van der Waals surface area contributed by atoms with E-state index in [0.717, 1.165) is 44.1 Å². The molecule has 6 heteroatoms. The van der Waals surface area contributed by atoms with E-state index in [1.807, 2.05) is 12.1 Å². The van der Waals surface area contributed by atoms with E-state index in [2.05, 4.69) is 32.7 Å². The zero-order chi connectivity index (χ0) is 17.9. The zero-order valence-corrected chi connectivity index (χ0v) is 14.8. The molecule has 0 radical (unpaired) electrons. The topological polar surface area (TPSA) is 86.9 Å². The highest BCUT2D eigenvalue weighted by Crippen LogP contribution is 2.30. The van der Waals surface area contributed by atoms with E-state index < -0.39 is 0 Å². The Morgan fingerprint density at radius 2 is 1.81 bits per heavy atom. The van der Waals surface area contributed by atoms with Gasteiger partial charge in [-0.3, -0.25) is 9.59 Å². The minimum absolute atomic E-state index is 0.0174. The summed E-state index contributed by atoms with van der Waals surface area (Å²) in [6, 6.07) is 8.33. The third-order valence-corrected chi connectivity index (χ3v) is 5.46. The summed E-state index contributed by atoms with van der Waals surface area (Å²) in [6.45, 7) is 0. The van der Waals surface area contributed by atoms with E-state index >= 15 is 0 Å². The first-order valence-electron chi connectivity index (χ1n) is 9.45. The first-order chi connectivity index (χ1) is 12.7. The molecule has 0 saturated heterocycles. The molecule has 2 amide bonds. The molecule has 0 unspecified atom stereocenters. The van der Waals surface area contributed by atoms with Crippen LogP contribution in [0.25, 0.3) is 0 Å². The fourth-order valence-corrected chi connectivity index (χ4v) is 4.08. The van der Waals surface area contributed by atoms with Crippen molar-refractivity contribution in [2.75, 3.05) is 0 Å². The summed E-state index contributed by atoms with van der Waals surface area (Å²) in [5, 5.41) is 6.07. The third-order valence-electron chi connectivity index (χ3n) is 5.46. The van der Waals surface area contributed by atoms with Crippen LogP contribution in [0.3, 0.4) is 0 Å². The largest absolute Gasteiger partial charge is 0.348 e. The lowest BCUT2D eigenvalue weighted by Crippen LogP contribution is -2.38. The summed E-state index contributed by atoms with van der Waals surface area (Å²) in [6.07, 6.45) is 8.74. The van der Waals surface area contributed by atoms with Gasteiger partial charge in [0.25, 0.3) is 11.8 Å². The van der Waals surface area contributed by atoms with Crippen molar-refractivity contribution in [3.8, 4) is 0 Å². The number of amides is 2. The van der Waals surface area contributed by atoms with Crippen LogP contribution in [0.15, 0.2) is 30.6 Å². The highest BCUT2D eigenvalue weighted by Gasteiger charge is 2.27. The molecule has 0 spiro atoms. The number of imidazole rings is 1. The monoisotopic (exact) mass is 352 g/mol. The van der Waals surface area contributed by atoms with Crippen molar-refractivity contribution < 1.29 is 9.59 Å². The van der Waals surface area contributed by atoms with Crippen LogP contribution in [-0.4, -0.2) is 27.8 Å². The minimum atomic E-state index is -0.280. The summed E-state index contributed by atoms with van der Waals surface area (Å²) in [7, 11) is 0. The van der Waals surface area contributed by atoms with Crippen molar-refractivity contribution in [1.29, 1.82) is 0 Å². The fourth-order valence-electron chi connectivity index (χ4n) is 4.08. The van der Waals surface area contributed by atoms with E-state index in [1.54, 1.807) is 0 Å². The minimum Gasteiger partial charge on any atom is -0.348 e. The number of carbonyl (C=O) groups excluding carboxylic acids is 2. The van der Waals surface area contributed by atoms with Crippen LogP contribution in [-0.2, 0) is 6.42 Å². The molecule has 136 valence electrons. The van der Waals surface area contributed by atoms with E-state index in [9.17, 15) is 9.59 Å². The highest BCUT2D eigenvalue weighted by atomic mass is 16.2. The number of aromatic nitrogens is 2. The third kappa shape index (κ3) is 3.36. The van der Waals surface area contributed by atoms with Gasteiger partial charge in [-0.15, -0.1) is 0 Å². The Morgan fingerprint density at radius 1 is 1.00 bits per heavy atom. The summed E-state index contributed by atoms with van der Waals surface area (Å²) in [5.74, 6) is -0.548. The molecule has 4 rings (SSSR count). The Hall–Kier alpha value is -2.63. The highest BCUT2D eigenvalue weighted by molar-refractivity contribution is 6.05. The predicted octanol–water partition coefficient (Wildman–Crippen LogP) is 2.89. The quantitative estimate of drug-likeness (QED) is 0.791. The smallest absolute Gasteiger partial charge is 0.272 e. The molecule has 1 saturated carbocycles. The van der Waals surface area contributed by atoms with Gasteiger partial charge in [0.15, 0.2) is 5.69 Å². The number of fused-ring (bicyclic) bond motifs is 1. The van der Waals surface area contributed by atoms with Crippen molar-refractivity contribution >= 4 is 11.8 Å². The normalized spacial score (nSPS) is 19.8. The number of rotatable bonds is 4. The van der Waals surface area contributed by atoms with Gasteiger partial charge in [-0.25, -0.2) is 4.98 Å². The van der Waals surface area contributed by atoms with Crippen molar-refractivity contribution in [3.63, 3.8) is 0 Å². The average molecular weight is 352 g/mol. The van der Waals surface area contributed by atoms with Gasteiger partial charge in [0.05, 0.1) is 12.4 Å². The molecule has 1 aromatic carbocycles. The van der Waals surface area contributed by atoms with Crippen molar-refractivity contribution in [1.82, 2.24) is 20.6 Å². The van der Waals surface area contributed by atoms with Crippen LogP contribution >= 0.6 is 0 Å². The number of aromatic amines is 1. The molecule has 6 nitrogen and oxygen atoms in total. The number of aryl methyl sites for hydroxylation is 1. The van der Waals surface area contributed by atoms with Gasteiger partial charge in [-0.1, -0.05) is 43.5 Å². The van der Waals surface area contributed by atoms with Gasteiger partial charge in [0.2, 0.25) is 0 Å². The van der Waals surface area contributed by atoms with Gasteiger partial charge in [0.1, 0.15) is 5.69 Å². The van der Waals surface area contributed by atoms with E-state index in [1.165, 1.54) is 18.3 Å². The van der Waals surface area contributed by atoms with Crippen LogP contribution in [0.4, 0.5) is 0 Å². The molecule has 1 fully saturated rings. The van der Waals surface area contributed by atoms with Crippen molar-refractivity contribution in [3.05, 3.63) is 53.1 Å². The molecule has 1 atom stereocenters. The Labute approximate surface area is 152 Å². The molecular weight excluding hydrogens is 328 g/mol. The van der Waals surface area contributed by atoms with E-state index in [0.29, 0.717) is 0 Å². The lowest BCUT2D eigenvalue weighted by molar-refractivity contribution is 0.0891. The lowest BCUT2D eigenvalue weighted by Gasteiger charge is -2.22. The second-order valence-corrected chi connectivity index (χ2v) is 7.20. The SMILES string of the molecule is O=C(NC1CCCCC1)c1nc[nH]c1C(=O)N[C@H]1CCc2ccccc21. The van der Waals surface area contributed by atoms with Gasteiger partial charge in [0, 0.05) is 6.04 Å². The van der Waals surface area contributed by atoms with Gasteiger partial charge in [-0.2, -0.15) is 0 Å². The number of nitrogens with one attached hydrogen (secondary N) is 3. The fraction of sp³-hybridized carbons (Fsp3) is 0.450. The standard InChI is InChI=1S/C20H24N4O2/c25-19(23-14-7-2-1-3-8-14)17-18(22-12-21-17)20(26)24-16-11-10-13-6-4-5-9-15(13)16/h4-6,9,12,14,16H,1-3,7-8,10-11H2,(H,21,22)(H,23,25)(H,24,26)/t16-/m0/s1. The van der Waals surface area contributed by atoms with Crippen LogP contribution in [0.1, 0.15) is 76.7 Å². The molecule has 1 heterocycles. The molecule has 2 aliphatic rings. The molecule has 0 aliphatic heterocycles. The lowest BCUT2D eigenvalue weighted by atomic mass is 9.95. The summed E-state index contributed by atoms with van der Waals surface area (Å²) >= 11 is 0. The molecule has 26 heavy (non-hydrogen) atoms. The average Bonchev–Trinajstić information content (AvgIpc) is 3.30. The van der Waals surface area contributed by atoms with Gasteiger partial charge < -0.3 is 15.6 Å². The van der Waals surface area contributed by atoms with Crippen molar-refractivity contribution in [2.24, 2.45) is 0 Å². The molecule has 0 bridgehead atoms. The van der Waals surface area contributed by atoms with Gasteiger partial charge in [-0.05, 0) is 36.8 Å². The van der Waals surface area contributed by atoms with E-state index in [-0.39, 0.29) is 35.3 Å². The molecule has 2 aliphatic carbocycles. The molecule has 1 aromatic heterocycles. The Morgan fingerprint density at radius 3 is 2.65 bits per heavy atom. The first kappa shape index (κ1) is 16.8. The number of H-pyrrole nitrogens is 1. The van der Waals surface area contributed by atoms with Crippen LogP contribution in [0.2, 0.25) is 0 Å². The van der Waals surface area contributed by atoms with Crippen LogP contribution in [0.5, 0.6) is 0 Å². The number of carbonyl (C=O) groups is 2. The van der Waals surface area contributed by atoms with Crippen LogP contribution in [0, 0.1) is 0 Å². The second-order valence-electron chi connectivity index (χ2n) is 7.20. The summed E-state index contributed by atoms with van der Waals surface area (Å²) in [5.41, 5.74) is 2.85. The maximum absolute atomic E-state index is 12.7. The van der Waals surface area contributed by atoms with Crippen LogP contribution < -0.4 is 10.6 Å². The first-order valence-corrected chi connectivity index (χ1v) is 9.45. The molecular formula is C20H24N4O2. The second kappa shape index (κ2) is 7.32. The zero-order valence-electron chi connectivity index (χ0n) is 14.8. The summed E-state index contributed by atoms with van der Waals surface area (Å²) < 4.78 is 0. The maximum Gasteiger partial charge on any atom is 0.272 e. The number of hydrogen-bond acceptors (Lipinski definition) is 3. The molecule has 2 aromatic rings. The number of nitrogens with zero attached hydrogens (tertiary/aromatic N) is 1. The Bertz CT molecular complexity index is 808. The Balaban J connectivity index is 1.44. The number of hydrogen-bond donors (Lipinski definition) is 3. The van der Waals surface area contributed by atoms with E-state index in [4.69, 9.17) is 0 Å². The van der Waals surface area contributed by atoms with Gasteiger partial charge >= 0.3 is 0 Å². The summed E-state index contributed by atoms with van der Waals surface area (Å²) in [4.78, 5) is 32.2. The predicted molar refractivity (Wildman–Crippen MR) is 97.9 cm³/mol. The Kier molecular flexibility index (Phi) is 4.73. The molecule has 3 N–H and O–H groups in total. The van der Waals surface area contributed by atoms with Crippen molar-refractivity contribution in [2.45, 2.75) is 57.0 Å². The number of benzene rings is 1.